The molecular weight excluding hydrogens is 182 g/mol. The van der Waals surface area contributed by atoms with Crippen LogP contribution in [0.4, 0.5) is 0 Å². The highest BCUT2D eigenvalue weighted by atomic mass is 14.8. The predicted molar refractivity (Wildman–Crippen MR) is 65.2 cm³/mol. The fourth-order valence-electron chi connectivity index (χ4n) is 2.60. The molecule has 1 atom stereocenters. The Kier molecular flexibility index (Phi) is 3.42. The Labute approximate surface area is 92.9 Å². The first kappa shape index (κ1) is 10.7. The molecule has 0 spiro atoms. The Balaban J connectivity index is 2.19. The third kappa shape index (κ3) is 2.23. The van der Waals surface area contributed by atoms with Crippen molar-refractivity contribution in [3.05, 3.63) is 35.4 Å². The zero-order valence-electron chi connectivity index (χ0n) is 9.79. The summed E-state index contributed by atoms with van der Waals surface area (Å²) in [6.07, 6.45) is 4.26. The Hall–Kier alpha value is -0.820. The molecule has 1 fully saturated rings. The van der Waals surface area contributed by atoms with Crippen LogP contribution in [-0.4, -0.2) is 13.6 Å². The molecule has 1 unspecified atom stereocenters. The molecule has 1 aromatic rings. The number of nitrogens with one attached hydrogen (secondary N) is 1. The molecule has 1 aromatic carbocycles. The summed E-state index contributed by atoms with van der Waals surface area (Å²) in [5.41, 5.74) is 3.00. The minimum absolute atomic E-state index is 0.727. The molecule has 82 valence electrons. The molecule has 1 nitrogen and oxygen atoms in total. The quantitative estimate of drug-likeness (QED) is 0.793. The second kappa shape index (κ2) is 4.80. The Morgan fingerprint density at radius 1 is 1.33 bits per heavy atom. The summed E-state index contributed by atoms with van der Waals surface area (Å²) >= 11 is 0. The van der Waals surface area contributed by atoms with Crippen molar-refractivity contribution in [3.8, 4) is 0 Å². The molecule has 0 bridgehead atoms. The fraction of sp³-hybridized carbons (Fsp3) is 0.571. The number of hydrogen-bond acceptors (Lipinski definition) is 1. The second-order valence-electron chi connectivity index (χ2n) is 4.71. The minimum Gasteiger partial charge on any atom is -0.319 e. The van der Waals surface area contributed by atoms with Gasteiger partial charge in [0.05, 0.1) is 0 Å². The monoisotopic (exact) mass is 203 g/mol. The molecule has 1 heteroatoms. The van der Waals surface area contributed by atoms with Crippen molar-refractivity contribution in [2.24, 2.45) is 5.92 Å². The van der Waals surface area contributed by atoms with Crippen molar-refractivity contribution >= 4 is 0 Å². The van der Waals surface area contributed by atoms with Gasteiger partial charge in [0.2, 0.25) is 0 Å². The largest absolute Gasteiger partial charge is 0.319 e. The van der Waals surface area contributed by atoms with E-state index < -0.39 is 0 Å². The van der Waals surface area contributed by atoms with Gasteiger partial charge in [0, 0.05) is 6.54 Å². The number of benzene rings is 1. The third-order valence-corrected chi connectivity index (χ3v) is 3.73. The van der Waals surface area contributed by atoms with E-state index in [1.165, 1.54) is 24.8 Å². The summed E-state index contributed by atoms with van der Waals surface area (Å²) in [7, 11) is 2.06. The van der Waals surface area contributed by atoms with Gasteiger partial charge in [-0.05, 0) is 49.8 Å². The zero-order valence-corrected chi connectivity index (χ0v) is 9.79. The van der Waals surface area contributed by atoms with Crippen molar-refractivity contribution in [2.75, 3.05) is 13.6 Å². The predicted octanol–water partition coefficient (Wildman–Crippen LogP) is 3.10. The van der Waals surface area contributed by atoms with Crippen LogP contribution in [-0.2, 0) is 0 Å². The van der Waals surface area contributed by atoms with Gasteiger partial charge in [-0.1, -0.05) is 30.7 Å². The van der Waals surface area contributed by atoms with Crippen molar-refractivity contribution in [1.29, 1.82) is 0 Å². The summed E-state index contributed by atoms with van der Waals surface area (Å²) in [5.74, 6) is 1.64. The average Bonchev–Trinajstić information content (AvgIpc) is 2.15. The lowest BCUT2D eigenvalue weighted by atomic mass is 9.72. The van der Waals surface area contributed by atoms with Gasteiger partial charge in [-0.2, -0.15) is 0 Å². The molecule has 0 amide bonds. The number of likely N-dealkylation sites (N-methyl/N-ethyl adjacent to an activating group) is 1. The zero-order chi connectivity index (χ0) is 10.7. The number of aryl methyl sites for hydroxylation is 1. The molecule has 0 aliphatic heterocycles. The molecule has 0 radical (unpaired) electrons. The van der Waals surface area contributed by atoms with Crippen molar-refractivity contribution in [2.45, 2.75) is 32.1 Å². The third-order valence-electron chi connectivity index (χ3n) is 3.73. The minimum atomic E-state index is 0.727. The average molecular weight is 203 g/mol. The van der Waals surface area contributed by atoms with Crippen LogP contribution in [0.5, 0.6) is 0 Å². The van der Waals surface area contributed by atoms with E-state index in [1.807, 2.05) is 0 Å². The van der Waals surface area contributed by atoms with Crippen LogP contribution in [0.1, 0.15) is 36.3 Å². The molecule has 0 saturated heterocycles. The SMILES string of the molecule is CNCC(c1ccccc1C)C1CCC1. The summed E-state index contributed by atoms with van der Waals surface area (Å²) in [4.78, 5) is 0. The molecule has 1 aliphatic rings. The fourth-order valence-corrected chi connectivity index (χ4v) is 2.60. The van der Waals surface area contributed by atoms with E-state index in [2.05, 4.69) is 43.6 Å². The molecule has 1 aliphatic carbocycles. The molecule has 1 N–H and O–H groups in total. The van der Waals surface area contributed by atoms with Crippen LogP contribution in [0.3, 0.4) is 0 Å². The maximum atomic E-state index is 3.34. The van der Waals surface area contributed by atoms with Gasteiger partial charge in [0.25, 0.3) is 0 Å². The van der Waals surface area contributed by atoms with E-state index in [1.54, 1.807) is 5.56 Å². The first-order valence-electron chi connectivity index (χ1n) is 6.03. The van der Waals surface area contributed by atoms with E-state index in [0.29, 0.717) is 0 Å². The lowest BCUT2D eigenvalue weighted by Crippen LogP contribution is -2.28. The first-order valence-corrected chi connectivity index (χ1v) is 6.03. The smallest absolute Gasteiger partial charge is 0.00199 e. The standard InChI is InChI=1S/C14H21N/c1-11-6-3-4-9-13(11)14(10-15-2)12-7-5-8-12/h3-4,6,9,12,14-15H,5,7-8,10H2,1-2H3. The molecule has 0 heterocycles. The van der Waals surface area contributed by atoms with E-state index in [4.69, 9.17) is 0 Å². The van der Waals surface area contributed by atoms with Gasteiger partial charge in [-0.15, -0.1) is 0 Å². The summed E-state index contributed by atoms with van der Waals surface area (Å²) in [5, 5.41) is 3.34. The van der Waals surface area contributed by atoms with E-state index in [0.717, 1.165) is 18.4 Å². The molecular formula is C14H21N. The van der Waals surface area contributed by atoms with Crippen molar-refractivity contribution < 1.29 is 0 Å². The summed E-state index contributed by atoms with van der Waals surface area (Å²) in [6, 6.07) is 8.84. The first-order chi connectivity index (χ1) is 7.33. The van der Waals surface area contributed by atoms with Gasteiger partial charge >= 0.3 is 0 Å². The van der Waals surface area contributed by atoms with Crippen LogP contribution in [0.15, 0.2) is 24.3 Å². The van der Waals surface area contributed by atoms with Crippen LogP contribution in [0, 0.1) is 12.8 Å². The molecule has 15 heavy (non-hydrogen) atoms. The van der Waals surface area contributed by atoms with Crippen LogP contribution < -0.4 is 5.32 Å². The van der Waals surface area contributed by atoms with Gasteiger partial charge in [0.1, 0.15) is 0 Å². The lowest BCUT2D eigenvalue weighted by molar-refractivity contribution is 0.257. The molecule has 2 rings (SSSR count). The van der Waals surface area contributed by atoms with Gasteiger partial charge in [0.15, 0.2) is 0 Å². The topological polar surface area (TPSA) is 12.0 Å². The normalized spacial score (nSPS) is 18.5. The van der Waals surface area contributed by atoms with E-state index >= 15 is 0 Å². The summed E-state index contributed by atoms with van der Waals surface area (Å²) < 4.78 is 0. The Morgan fingerprint density at radius 2 is 2.07 bits per heavy atom. The highest BCUT2D eigenvalue weighted by Gasteiger charge is 2.28. The highest BCUT2D eigenvalue weighted by Crippen LogP contribution is 2.39. The number of hydrogen-bond donors (Lipinski definition) is 1. The van der Waals surface area contributed by atoms with Crippen LogP contribution in [0.2, 0.25) is 0 Å². The number of rotatable bonds is 4. The van der Waals surface area contributed by atoms with Crippen LogP contribution >= 0.6 is 0 Å². The van der Waals surface area contributed by atoms with E-state index in [9.17, 15) is 0 Å². The summed E-state index contributed by atoms with van der Waals surface area (Å²) in [6.45, 7) is 3.35. The van der Waals surface area contributed by atoms with Gasteiger partial charge in [-0.3, -0.25) is 0 Å². The maximum absolute atomic E-state index is 3.34. The van der Waals surface area contributed by atoms with Crippen molar-refractivity contribution in [1.82, 2.24) is 5.32 Å². The second-order valence-corrected chi connectivity index (χ2v) is 4.71. The lowest BCUT2D eigenvalue weighted by Gasteiger charge is -2.35. The van der Waals surface area contributed by atoms with Gasteiger partial charge < -0.3 is 5.32 Å². The highest BCUT2D eigenvalue weighted by molar-refractivity contribution is 5.30. The van der Waals surface area contributed by atoms with Crippen molar-refractivity contribution in [3.63, 3.8) is 0 Å². The maximum Gasteiger partial charge on any atom is 0.00199 e. The molecule has 1 saturated carbocycles. The van der Waals surface area contributed by atoms with E-state index in [-0.39, 0.29) is 0 Å². The van der Waals surface area contributed by atoms with Gasteiger partial charge in [-0.25, -0.2) is 0 Å². The molecule has 0 aromatic heterocycles. The Bertz CT molecular complexity index is 315. The Morgan fingerprint density at radius 3 is 2.60 bits per heavy atom. The van der Waals surface area contributed by atoms with Crippen LogP contribution in [0.25, 0.3) is 0 Å².